The lowest BCUT2D eigenvalue weighted by Gasteiger charge is -2.13. The van der Waals surface area contributed by atoms with Crippen LogP contribution in [0, 0.1) is 20.8 Å². The minimum atomic E-state index is -0.297. The molecule has 6 nitrogen and oxygen atoms in total. The summed E-state index contributed by atoms with van der Waals surface area (Å²) in [6.45, 7) is 5.62. The number of carbonyl (C=O) groups excluding carboxylic acids is 2. The highest BCUT2D eigenvalue weighted by atomic mass is 35.5. The molecule has 2 heterocycles. The van der Waals surface area contributed by atoms with Gasteiger partial charge in [0, 0.05) is 16.4 Å². The van der Waals surface area contributed by atoms with Crippen molar-refractivity contribution in [2.45, 2.75) is 25.8 Å². The second kappa shape index (κ2) is 9.91. The molecule has 2 amide bonds. The number of amides is 2. The summed E-state index contributed by atoms with van der Waals surface area (Å²) < 4.78 is 1.01. The van der Waals surface area contributed by atoms with Crippen LogP contribution >= 0.6 is 34.7 Å². The van der Waals surface area contributed by atoms with Crippen molar-refractivity contribution in [3.63, 3.8) is 0 Å². The Morgan fingerprint density at radius 1 is 1.00 bits per heavy atom. The average Bonchev–Trinajstić information content (AvgIpc) is 3.16. The number of fused-ring (bicyclic) bond motifs is 1. The van der Waals surface area contributed by atoms with Crippen molar-refractivity contribution < 1.29 is 9.59 Å². The largest absolute Gasteiger partial charge is 0.322 e. The topological polar surface area (TPSA) is 84.0 Å². The number of thiazole rings is 1. The summed E-state index contributed by atoms with van der Waals surface area (Å²) in [6, 6.07) is 14.9. The van der Waals surface area contributed by atoms with Gasteiger partial charge in [-0.1, -0.05) is 52.9 Å². The number of nitrogens with zero attached hydrogens (tertiary/aromatic N) is 2. The molecule has 0 saturated carbocycles. The predicted octanol–water partition coefficient (Wildman–Crippen LogP) is 6.25. The van der Waals surface area contributed by atoms with Gasteiger partial charge in [0.05, 0.1) is 21.5 Å². The number of benzene rings is 2. The molecule has 0 bridgehead atoms. The normalized spacial score (nSPS) is 10.9. The van der Waals surface area contributed by atoms with Crippen molar-refractivity contribution in [3.8, 4) is 0 Å². The molecule has 0 aliphatic rings. The van der Waals surface area contributed by atoms with Crippen molar-refractivity contribution in [1.82, 2.24) is 9.97 Å². The molecule has 2 N–H and O–H groups in total. The minimum Gasteiger partial charge on any atom is -0.322 e. The van der Waals surface area contributed by atoms with Crippen molar-refractivity contribution in [1.29, 1.82) is 0 Å². The zero-order valence-electron chi connectivity index (χ0n) is 18.2. The fraction of sp³-hybridized carbons (Fsp3) is 0.167. The highest BCUT2D eigenvalue weighted by Crippen LogP contribution is 2.28. The van der Waals surface area contributed by atoms with Gasteiger partial charge in [-0.05, 0) is 62.2 Å². The van der Waals surface area contributed by atoms with E-state index >= 15 is 0 Å². The third-order valence-corrected chi connectivity index (χ3v) is 7.18. The number of hydrogen-bond acceptors (Lipinski definition) is 6. The summed E-state index contributed by atoms with van der Waals surface area (Å²) in [7, 11) is 0. The van der Waals surface area contributed by atoms with Crippen molar-refractivity contribution >= 4 is 67.5 Å². The smallest absolute Gasteiger partial charge is 0.258 e. The molecule has 4 aromatic rings. The van der Waals surface area contributed by atoms with Gasteiger partial charge in [-0.3, -0.25) is 9.59 Å². The van der Waals surface area contributed by atoms with Crippen LogP contribution in [0.1, 0.15) is 27.2 Å². The Morgan fingerprint density at radius 3 is 2.55 bits per heavy atom. The highest BCUT2D eigenvalue weighted by molar-refractivity contribution is 8.00. The van der Waals surface area contributed by atoms with E-state index in [0.29, 0.717) is 26.4 Å². The average molecular weight is 497 g/mol. The molecule has 9 heteroatoms. The molecular weight excluding hydrogens is 476 g/mol. The Kier molecular flexibility index (Phi) is 6.97. The van der Waals surface area contributed by atoms with Crippen LogP contribution in [-0.2, 0) is 4.79 Å². The molecule has 33 heavy (non-hydrogen) atoms. The van der Waals surface area contributed by atoms with E-state index in [4.69, 9.17) is 11.6 Å². The third-order valence-electron chi connectivity index (χ3n) is 4.85. The Balaban J connectivity index is 1.49. The first-order valence-electron chi connectivity index (χ1n) is 10.1. The first-order valence-corrected chi connectivity index (χ1v) is 12.3. The van der Waals surface area contributed by atoms with Gasteiger partial charge in [0.2, 0.25) is 5.91 Å². The maximum absolute atomic E-state index is 13.1. The Bertz CT molecular complexity index is 1340. The number of aryl methyl sites for hydroxylation is 3. The summed E-state index contributed by atoms with van der Waals surface area (Å²) in [4.78, 5) is 34.6. The SMILES string of the molecule is Cc1cc(C)c(C(=O)Nc2ccc(C)c(Cl)c2)c(SCC(=O)Nc2nc3ccccc3s2)n1. The van der Waals surface area contributed by atoms with Gasteiger partial charge in [-0.2, -0.15) is 0 Å². The van der Waals surface area contributed by atoms with Crippen LogP contribution < -0.4 is 10.6 Å². The van der Waals surface area contributed by atoms with Gasteiger partial charge in [0.1, 0.15) is 5.03 Å². The molecule has 0 aliphatic heterocycles. The van der Waals surface area contributed by atoms with Gasteiger partial charge < -0.3 is 10.6 Å². The fourth-order valence-corrected chi connectivity index (χ4v) is 5.27. The molecule has 0 radical (unpaired) electrons. The van der Waals surface area contributed by atoms with Crippen LogP contribution in [0.3, 0.4) is 0 Å². The van der Waals surface area contributed by atoms with Crippen molar-refractivity contribution in [3.05, 3.63) is 75.9 Å². The molecule has 0 fully saturated rings. The number of pyridine rings is 1. The van der Waals surface area contributed by atoms with E-state index in [0.717, 1.165) is 27.0 Å². The summed E-state index contributed by atoms with van der Waals surface area (Å²) in [6.07, 6.45) is 0. The molecule has 0 aliphatic carbocycles. The Hall–Kier alpha value is -2.94. The quantitative estimate of drug-likeness (QED) is 0.308. The number of thioether (sulfide) groups is 1. The molecular formula is C24H21ClN4O2S2. The van der Waals surface area contributed by atoms with E-state index < -0.39 is 0 Å². The van der Waals surface area contributed by atoms with Gasteiger partial charge in [0.25, 0.3) is 5.91 Å². The van der Waals surface area contributed by atoms with E-state index in [2.05, 4.69) is 20.6 Å². The standard InChI is InChI=1S/C24H21ClN4O2S2/c1-13-8-9-16(11-17(13)25)27-22(31)21-14(2)10-15(3)26-23(21)32-12-20(30)29-24-28-18-6-4-5-7-19(18)33-24/h4-11H,12H2,1-3H3,(H,27,31)(H,28,29,30). The third kappa shape index (κ3) is 5.52. The van der Waals surface area contributed by atoms with Crippen molar-refractivity contribution in [2.24, 2.45) is 0 Å². The lowest BCUT2D eigenvalue weighted by atomic mass is 10.1. The fourth-order valence-electron chi connectivity index (χ4n) is 3.26. The molecule has 0 atom stereocenters. The van der Waals surface area contributed by atoms with Crippen LogP contribution in [0.5, 0.6) is 0 Å². The van der Waals surface area contributed by atoms with Gasteiger partial charge >= 0.3 is 0 Å². The summed E-state index contributed by atoms with van der Waals surface area (Å²) in [5.74, 6) is -0.409. The van der Waals surface area contributed by atoms with E-state index in [1.165, 1.54) is 23.1 Å². The number of halogens is 1. The summed E-state index contributed by atoms with van der Waals surface area (Å²) in [5, 5.41) is 7.34. The predicted molar refractivity (Wildman–Crippen MR) is 137 cm³/mol. The summed E-state index contributed by atoms with van der Waals surface area (Å²) >= 11 is 8.83. The molecule has 2 aromatic heterocycles. The van der Waals surface area contributed by atoms with E-state index in [1.807, 2.05) is 57.2 Å². The maximum atomic E-state index is 13.1. The number of rotatable bonds is 6. The van der Waals surface area contributed by atoms with Crippen LogP contribution in [0.15, 0.2) is 53.6 Å². The number of carbonyl (C=O) groups is 2. The highest BCUT2D eigenvalue weighted by Gasteiger charge is 2.19. The first-order chi connectivity index (χ1) is 15.8. The van der Waals surface area contributed by atoms with Crippen LogP contribution in [0.25, 0.3) is 10.2 Å². The lowest BCUT2D eigenvalue weighted by molar-refractivity contribution is -0.113. The second-order valence-electron chi connectivity index (χ2n) is 7.50. The number of nitrogens with one attached hydrogen (secondary N) is 2. The van der Waals surface area contributed by atoms with Crippen LogP contribution in [0.2, 0.25) is 5.02 Å². The zero-order valence-corrected chi connectivity index (χ0v) is 20.6. The van der Waals surface area contributed by atoms with E-state index in [-0.39, 0.29) is 17.6 Å². The number of anilines is 2. The van der Waals surface area contributed by atoms with E-state index in [9.17, 15) is 9.59 Å². The molecule has 0 saturated heterocycles. The number of para-hydroxylation sites is 1. The molecule has 0 unspecified atom stereocenters. The zero-order chi connectivity index (χ0) is 23.5. The second-order valence-corrected chi connectivity index (χ2v) is 9.90. The minimum absolute atomic E-state index is 0.0997. The summed E-state index contributed by atoms with van der Waals surface area (Å²) in [5.41, 5.74) is 4.37. The Morgan fingerprint density at radius 2 is 1.79 bits per heavy atom. The Labute approximate surface area is 204 Å². The number of aromatic nitrogens is 2. The van der Waals surface area contributed by atoms with Gasteiger partial charge in [-0.15, -0.1) is 0 Å². The first kappa shape index (κ1) is 23.2. The monoisotopic (exact) mass is 496 g/mol. The van der Waals surface area contributed by atoms with Crippen LogP contribution in [-0.4, -0.2) is 27.5 Å². The molecule has 4 rings (SSSR count). The van der Waals surface area contributed by atoms with E-state index in [1.54, 1.807) is 12.1 Å². The van der Waals surface area contributed by atoms with Crippen molar-refractivity contribution in [2.75, 3.05) is 16.4 Å². The molecule has 168 valence electrons. The maximum Gasteiger partial charge on any atom is 0.258 e. The molecule has 0 spiro atoms. The van der Waals surface area contributed by atoms with Gasteiger partial charge in [-0.25, -0.2) is 9.97 Å². The molecule has 2 aromatic carbocycles. The number of hydrogen-bond donors (Lipinski definition) is 2. The van der Waals surface area contributed by atoms with Gasteiger partial charge in [0.15, 0.2) is 5.13 Å². The lowest BCUT2D eigenvalue weighted by Crippen LogP contribution is -2.18. The van der Waals surface area contributed by atoms with Crippen LogP contribution in [0.4, 0.5) is 10.8 Å².